The third-order valence-corrected chi connectivity index (χ3v) is 3.41. The Morgan fingerprint density at radius 1 is 1.43 bits per heavy atom. The number of ketones is 1. The van der Waals surface area contributed by atoms with Crippen LogP contribution in [0, 0.1) is 5.92 Å². The lowest BCUT2D eigenvalue weighted by atomic mass is 10.0. The van der Waals surface area contributed by atoms with Gasteiger partial charge in [-0.15, -0.1) is 0 Å². The van der Waals surface area contributed by atoms with Crippen LogP contribution in [0.25, 0.3) is 0 Å². The summed E-state index contributed by atoms with van der Waals surface area (Å²) in [7, 11) is 0. The van der Waals surface area contributed by atoms with Gasteiger partial charge in [0.1, 0.15) is 0 Å². The summed E-state index contributed by atoms with van der Waals surface area (Å²) in [4.78, 5) is 11.4. The molecule has 0 aliphatic rings. The van der Waals surface area contributed by atoms with E-state index in [0.29, 0.717) is 22.7 Å². The molecule has 0 N–H and O–H groups in total. The minimum atomic E-state index is 0.201. The molecule has 14 heavy (non-hydrogen) atoms. The zero-order chi connectivity index (χ0) is 11.4. The van der Waals surface area contributed by atoms with Crippen molar-refractivity contribution >= 4 is 17.5 Å². The van der Waals surface area contributed by atoms with Crippen LogP contribution < -0.4 is 0 Å². The Labute approximate surface area is 92.3 Å². The molecule has 1 nitrogen and oxygen atoms in total. The van der Waals surface area contributed by atoms with Crippen LogP contribution in [0.3, 0.4) is 0 Å². The maximum absolute atomic E-state index is 11.4. The summed E-state index contributed by atoms with van der Waals surface area (Å²) in [5.74, 6) is 1.69. The molecule has 0 spiro atoms. The Balaban J connectivity index is 3.82. The highest BCUT2D eigenvalue weighted by molar-refractivity contribution is 8.00. The quantitative estimate of drug-likeness (QED) is 0.649. The van der Waals surface area contributed by atoms with Crippen molar-refractivity contribution in [2.45, 2.75) is 45.8 Å². The molecule has 0 amide bonds. The lowest BCUT2D eigenvalue weighted by molar-refractivity contribution is -0.116. The van der Waals surface area contributed by atoms with Gasteiger partial charge in [0.05, 0.1) is 0 Å². The first-order valence-corrected chi connectivity index (χ1v) is 6.03. The summed E-state index contributed by atoms with van der Waals surface area (Å²) >= 11 is 1.91. The molecule has 0 radical (unpaired) electrons. The Morgan fingerprint density at radius 2 is 1.93 bits per heavy atom. The van der Waals surface area contributed by atoms with E-state index in [2.05, 4.69) is 34.3 Å². The zero-order valence-electron chi connectivity index (χ0n) is 10.0. The maximum atomic E-state index is 11.4. The standard InChI is InChI=1S/C12H22OS/c1-9(2)11(13)7-10(3)8-14-12(4,5)6/h10H,1,7-8H2,2-6H3. The number of hydrogen-bond donors (Lipinski definition) is 0. The van der Waals surface area contributed by atoms with E-state index in [4.69, 9.17) is 0 Å². The van der Waals surface area contributed by atoms with Crippen LogP contribution in [0.1, 0.15) is 41.0 Å². The van der Waals surface area contributed by atoms with Crippen molar-refractivity contribution in [1.82, 2.24) is 0 Å². The van der Waals surface area contributed by atoms with Crippen molar-refractivity contribution in [2.75, 3.05) is 5.75 Å². The number of carbonyl (C=O) groups is 1. The number of thioether (sulfide) groups is 1. The van der Waals surface area contributed by atoms with E-state index in [1.54, 1.807) is 6.92 Å². The molecule has 0 aliphatic carbocycles. The highest BCUT2D eigenvalue weighted by atomic mass is 32.2. The molecular formula is C12H22OS. The second-order valence-corrected chi connectivity index (χ2v) is 6.78. The van der Waals surface area contributed by atoms with E-state index in [1.807, 2.05) is 11.8 Å². The molecular weight excluding hydrogens is 192 g/mol. The van der Waals surface area contributed by atoms with Crippen LogP contribution in [0.4, 0.5) is 0 Å². The molecule has 0 aromatic heterocycles. The van der Waals surface area contributed by atoms with Crippen LogP contribution >= 0.6 is 11.8 Å². The van der Waals surface area contributed by atoms with E-state index < -0.39 is 0 Å². The molecule has 0 bridgehead atoms. The summed E-state index contributed by atoms with van der Waals surface area (Å²) in [6, 6.07) is 0. The topological polar surface area (TPSA) is 17.1 Å². The first-order valence-electron chi connectivity index (χ1n) is 5.05. The molecule has 0 aromatic carbocycles. The molecule has 0 aromatic rings. The van der Waals surface area contributed by atoms with Crippen molar-refractivity contribution in [2.24, 2.45) is 5.92 Å². The van der Waals surface area contributed by atoms with Gasteiger partial charge in [0.25, 0.3) is 0 Å². The number of allylic oxidation sites excluding steroid dienone is 1. The Kier molecular flexibility index (Phi) is 5.50. The Bertz CT molecular complexity index is 213. The number of rotatable bonds is 5. The van der Waals surface area contributed by atoms with Crippen LogP contribution in [0.5, 0.6) is 0 Å². The van der Waals surface area contributed by atoms with E-state index in [1.165, 1.54) is 0 Å². The number of carbonyl (C=O) groups excluding carboxylic acids is 1. The average molecular weight is 214 g/mol. The molecule has 1 atom stereocenters. The summed E-state index contributed by atoms with van der Waals surface area (Å²) < 4.78 is 0.292. The van der Waals surface area contributed by atoms with Gasteiger partial charge >= 0.3 is 0 Å². The van der Waals surface area contributed by atoms with Crippen molar-refractivity contribution in [1.29, 1.82) is 0 Å². The second-order valence-electron chi connectivity index (χ2n) is 4.94. The number of Topliss-reactive ketones (excluding diaryl/α,β-unsaturated/α-hetero) is 1. The van der Waals surface area contributed by atoms with Gasteiger partial charge in [-0.3, -0.25) is 4.79 Å². The molecule has 0 saturated carbocycles. The van der Waals surface area contributed by atoms with Gasteiger partial charge in [-0.05, 0) is 24.2 Å². The van der Waals surface area contributed by atoms with Crippen LogP contribution in [-0.2, 0) is 4.79 Å². The van der Waals surface area contributed by atoms with Gasteiger partial charge in [0.2, 0.25) is 0 Å². The van der Waals surface area contributed by atoms with Crippen LogP contribution in [0.2, 0.25) is 0 Å². The molecule has 0 aliphatic heterocycles. The predicted octanol–water partition coefficient (Wildman–Crippen LogP) is 3.69. The molecule has 82 valence electrons. The molecule has 1 unspecified atom stereocenters. The lowest BCUT2D eigenvalue weighted by Crippen LogP contribution is -2.14. The predicted molar refractivity (Wildman–Crippen MR) is 65.8 cm³/mol. The maximum Gasteiger partial charge on any atom is 0.158 e. The molecule has 2 heteroatoms. The molecule has 0 saturated heterocycles. The summed E-state index contributed by atoms with van der Waals surface area (Å²) in [5.41, 5.74) is 0.678. The highest BCUT2D eigenvalue weighted by Crippen LogP contribution is 2.26. The highest BCUT2D eigenvalue weighted by Gasteiger charge is 2.15. The third kappa shape index (κ3) is 7.19. The van der Waals surface area contributed by atoms with Crippen LogP contribution in [0.15, 0.2) is 12.2 Å². The Morgan fingerprint density at radius 3 is 2.29 bits per heavy atom. The SMILES string of the molecule is C=C(C)C(=O)CC(C)CSC(C)(C)C. The fraction of sp³-hybridized carbons (Fsp3) is 0.750. The third-order valence-electron chi connectivity index (χ3n) is 1.81. The minimum Gasteiger partial charge on any atom is -0.295 e. The van der Waals surface area contributed by atoms with E-state index in [0.717, 1.165) is 5.75 Å². The smallest absolute Gasteiger partial charge is 0.158 e. The van der Waals surface area contributed by atoms with E-state index >= 15 is 0 Å². The van der Waals surface area contributed by atoms with Crippen LogP contribution in [-0.4, -0.2) is 16.3 Å². The van der Waals surface area contributed by atoms with Crippen molar-refractivity contribution < 1.29 is 4.79 Å². The van der Waals surface area contributed by atoms with Crippen molar-refractivity contribution in [3.8, 4) is 0 Å². The molecule has 0 rings (SSSR count). The summed E-state index contributed by atoms with van der Waals surface area (Å²) in [6.45, 7) is 14.2. The zero-order valence-corrected chi connectivity index (χ0v) is 10.8. The largest absolute Gasteiger partial charge is 0.295 e. The van der Waals surface area contributed by atoms with Crippen molar-refractivity contribution in [3.63, 3.8) is 0 Å². The second kappa shape index (κ2) is 5.59. The van der Waals surface area contributed by atoms with Gasteiger partial charge in [0.15, 0.2) is 5.78 Å². The molecule has 0 heterocycles. The van der Waals surface area contributed by atoms with Gasteiger partial charge in [0, 0.05) is 11.2 Å². The van der Waals surface area contributed by atoms with Gasteiger partial charge in [-0.25, -0.2) is 0 Å². The van der Waals surface area contributed by atoms with E-state index in [-0.39, 0.29) is 5.78 Å². The minimum absolute atomic E-state index is 0.201. The van der Waals surface area contributed by atoms with Gasteiger partial charge in [-0.1, -0.05) is 34.3 Å². The fourth-order valence-corrected chi connectivity index (χ4v) is 1.84. The first-order chi connectivity index (χ1) is 6.22. The van der Waals surface area contributed by atoms with Gasteiger partial charge in [-0.2, -0.15) is 11.8 Å². The first kappa shape index (κ1) is 13.8. The molecule has 0 fully saturated rings. The van der Waals surface area contributed by atoms with Crippen molar-refractivity contribution in [3.05, 3.63) is 12.2 Å². The summed E-state index contributed by atoms with van der Waals surface area (Å²) in [5, 5.41) is 0. The lowest BCUT2D eigenvalue weighted by Gasteiger charge is -2.20. The van der Waals surface area contributed by atoms with Gasteiger partial charge < -0.3 is 0 Å². The number of hydrogen-bond acceptors (Lipinski definition) is 2. The normalized spacial score (nSPS) is 13.8. The van der Waals surface area contributed by atoms with E-state index in [9.17, 15) is 4.79 Å². The fourth-order valence-electron chi connectivity index (χ4n) is 0.942. The monoisotopic (exact) mass is 214 g/mol. The average Bonchev–Trinajstić information content (AvgIpc) is 1.99. The Hall–Kier alpha value is -0.240. The summed E-state index contributed by atoms with van der Waals surface area (Å²) in [6.07, 6.45) is 0.637.